The Kier molecular flexibility index (Phi) is 12.2. The van der Waals surface area contributed by atoms with Crippen LogP contribution in [0.4, 0.5) is 0 Å². The topological polar surface area (TPSA) is 25.8 Å². The second-order valence-electron chi connectivity index (χ2n) is 11.3. The van der Waals surface area contributed by atoms with E-state index >= 15 is 0 Å². The largest absolute Gasteiger partial charge is 4.00 e. The maximum atomic E-state index is 4.55. The minimum absolute atomic E-state index is 0. The van der Waals surface area contributed by atoms with Gasteiger partial charge in [-0.3, -0.25) is 9.97 Å². The molecule has 0 unspecified atom stereocenters. The molecule has 8 aromatic rings. The SMILES string of the molecule is Cc1ccc(-c2cc3c(-c4ccccc4)cccc3[cH-]2)nc1.Cc1ccc(-c2cc3c(-c4ccccc4)cccc3[cH-]2)nc1.[Cl-].[Cl-].[Zr+4]. The van der Waals surface area contributed by atoms with Gasteiger partial charge in [0.2, 0.25) is 0 Å². The predicted octanol–water partition coefficient (Wildman–Crippen LogP) is 5.20. The summed E-state index contributed by atoms with van der Waals surface area (Å²) in [7, 11) is 0. The van der Waals surface area contributed by atoms with Crippen molar-refractivity contribution < 1.29 is 51.0 Å². The summed E-state index contributed by atoms with van der Waals surface area (Å²) in [4.78, 5) is 9.09. The summed E-state index contributed by atoms with van der Waals surface area (Å²) in [6, 6.07) is 51.3. The van der Waals surface area contributed by atoms with Gasteiger partial charge in [0.15, 0.2) is 0 Å². The number of rotatable bonds is 4. The molecule has 0 saturated heterocycles. The Labute approximate surface area is 308 Å². The minimum atomic E-state index is 0. The number of fused-ring (bicyclic) bond motifs is 2. The van der Waals surface area contributed by atoms with Crippen molar-refractivity contribution in [3.05, 3.63) is 169 Å². The summed E-state index contributed by atoms with van der Waals surface area (Å²) in [5.41, 5.74) is 11.8. The van der Waals surface area contributed by atoms with Gasteiger partial charge < -0.3 is 24.8 Å². The van der Waals surface area contributed by atoms with Crippen molar-refractivity contribution in [2.24, 2.45) is 0 Å². The van der Waals surface area contributed by atoms with Crippen LogP contribution in [0.2, 0.25) is 0 Å². The van der Waals surface area contributed by atoms with E-state index in [1.54, 1.807) is 0 Å². The number of benzene rings is 4. The van der Waals surface area contributed by atoms with Crippen molar-refractivity contribution in [3.8, 4) is 44.8 Å². The third-order valence-corrected chi connectivity index (χ3v) is 8.09. The first-order valence-electron chi connectivity index (χ1n) is 15.0. The summed E-state index contributed by atoms with van der Waals surface area (Å²) in [5.74, 6) is 0. The number of aryl methyl sites for hydroxylation is 2. The first-order valence-corrected chi connectivity index (χ1v) is 15.0. The molecule has 0 bridgehead atoms. The van der Waals surface area contributed by atoms with Crippen LogP contribution in [-0.4, -0.2) is 9.97 Å². The average molecular weight is 727 g/mol. The first kappa shape index (κ1) is 35.7. The van der Waals surface area contributed by atoms with E-state index in [1.165, 1.54) is 66.1 Å². The quantitative estimate of drug-likeness (QED) is 0.234. The van der Waals surface area contributed by atoms with E-state index in [4.69, 9.17) is 0 Å². The minimum Gasteiger partial charge on any atom is -1.00 e. The third-order valence-electron chi connectivity index (χ3n) is 8.09. The number of pyridine rings is 2. The zero-order chi connectivity index (χ0) is 29.9. The van der Waals surface area contributed by atoms with Crippen molar-refractivity contribution in [1.82, 2.24) is 9.97 Å². The number of hydrogen-bond donors (Lipinski definition) is 0. The van der Waals surface area contributed by atoms with Crippen molar-refractivity contribution in [2.45, 2.75) is 13.8 Å². The van der Waals surface area contributed by atoms with Crippen LogP contribution in [-0.2, 0) is 26.2 Å². The number of nitrogens with zero attached hydrogens (tertiary/aromatic N) is 2. The molecule has 2 aromatic heterocycles. The van der Waals surface area contributed by atoms with Gasteiger partial charge in [-0.1, -0.05) is 120 Å². The van der Waals surface area contributed by atoms with Crippen LogP contribution in [0.25, 0.3) is 66.3 Å². The van der Waals surface area contributed by atoms with Crippen LogP contribution in [0.1, 0.15) is 11.1 Å². The molecule has 0 aliphatic heterocycles. The fourth-order valence-electron chi connectivity index (χ4n) is 5.78. The molecule has 0 saturated carbocycles. The van der Waals surface area contributed by atoms with Crippen LogP contribution in [0.3, 0.4) is 0 Å². The fraction of sp³-hybridized carbons (Fsp3) is 0.0476. The Morgan fingerprint density at radius 1 is 0.447 bits per heavy atom. The molecule has 47 heavy (non-hydrogen) atoms. The van der Waals surface area contributed by atoms with Gasteiger partial charge in [-0.2, -0.15) is 0 Å². The first-order chi connectivity index (χ1) is 21.6. The van der Waals surface area contributed by atoms with Gasteiger partial charge in [0.05, 0.1) is 0 Å². The Bertz CT molecular complexity index is 2010. The summed E-state index contributed by atoms with van der Waals surface area (Å²) in [6.45, 7) is 4.12. The zero-order valence-electron chi connectivity index (χ0n) is 26.2. The van der Waals surface area contributed by atoms with Crippen molar-refractivity contribution in [1.29, 1.82) is 0 Å². The van der Waals surface area contributed by atoms with Crippen molar-refractivity contribution in [2.75, 3.05) is 0 Å². The van der Waals surface area contributed by atoms with Crippen LogP contribution >= 0.6 is 0 Å². The van der Waals surface area contributed by atoms with E-state index in [2.05, 4.69) is 169 Å². The Hall–Kier alpha value is -4.14. The molecule has 0 radical (unpaired) electrons. The van der Waals surface area contributed by atoms with Crippen molar-refractivity contribution in [3.63, 3.8) is 0 Å². The molecule has 6 aromatic carbocycles. The maximum absolute atomic E-state index is 4.55. The van der Waals surface area contributed by atoms with E-state index < -0.39 is 0 Å². The number of aromatic nitrogens is 2. The Morgan fingerprint density at radius 2 is 0.851 bits per heavy atom. The van der Waals surface area contributed by atoms with E-state index in [0.29, 0.717) is 0 Å². The number of hydrogen-bond acceptors (Lipinski definition) is 2. The molecule has 8 rings (SSSR count). The zero-order valence-corrected chi connectivity index (χ0v) is 30.1. The van der Waals surface area contributed by atoms with Crippen LogP contribution < -0.4 is 24.8 Å². The molecule has 0 aliphatic rings. The van der Waals surface area contributed by atoms with Crippen LogP contribution in [0, 0.1) is 13.8 Å². The van der Waals surface area contributed by atoms with Crippen LogP contribution in [0.15, 0.2) is 158 Å². The normalized spacial score (nSPS) is 10.3. The molecule has 5 heteroatoms. The van der Waals surface area contributed by atoms with E-state index in [0.717, 1.165) is 11.4 Å². The fourth-order valence-corrected chi connectivity index (χ4v) is 5.78. The van der Waals surface area contributed by atoms with E-state index in [9.17, 15) is 0 Å². The molecule has 2 nitrogen and oxygen atoms in total. The second-order valence-corrected chi connectivity index (χ2v) is 11.3. The molecule has 0 amide bonds. The van der Waals surface area contributed by atoms with Crippen LogP contribution in [0.5, 0.6) is 0 Å². The summed E-state index contributed by atoms with van der Waals surface area (Å²) in [5, 5.41) is 5.09. The molecule has 0 N–H and O–H groups in total. The molecular weight excluding hydrogens is 695 g/mol. The monoisotopic (exact) mass is 724 g/mol. The van der Waals surface area contributed by atoms with Gasteiger partial charge in [-0.05, 0) is 36.1 Å². The van der Waals surface area contributed by atoms with Gasteiger partial charge >= 0.3 is 26.2 Å². The molecule has 2 heterocycles. The standard InChI is InChI=1S/2C21H16N.2ClH.Zr/c2*1-15-10-11-21(22-14-15)18-12-17-8-5-9-19(20(17)13-18)16-6-3-2-4-7-16;;;/h2*2-14H,1H3;2*1H;/q2*-1;;;+4/p-2. The molecule has 0 atom stereocenters. The maximum Gasteiger partial charge on any atom is 4.00 e. The Morgan fingerprint density at radius 3 is 1.21 bits per heavy atom. The van der Waals surface area contributed by atoms with Gasteiger partial charge in [0.25, 0.3) is 0 Å². The average Bonchev–Trinajstić information content (AvgIpc) is 3.72. The summed E-state index contributed by atoms with van der Waals surface area (Å²) < 4.78 is 0. The smallest absolute Gasteiger partial charge is 1.00 e. The van der Waals surface area contributed by atoms with Gasteiger partial charge in [0.1, 0.15) is 0 Å². The van der Waals surface area contributed by atoms with E-state index in [-0.39, 0.29) is 51.0 Å². The number of halogens is 2. The second kappa shape index (κ2) is 16.1. The van der Waals surface area contributed by atoms with Crippen molar-refractivity contribution >= 4 is 21.5 Å². The molecular formula is C42H32Cl2N2Zr. The van der Waals surface area contributed by atoms with E-state index in [1.807, 2.05) is 12.4 Å². The molecule has 0 aliphatic carbocycles. The molecule has 0 fully saturated rings. The third kappa shape index (κ3) is 7.88. The van der Waals surface area contributed by atoms with Gasteiger partial charge in [0, 0.05) is 23.8 Å². The van der Waals surface area contributed by atoms with Gasteiger partial charge in [-0.15, -0.1) is 69.1 Å². The van der Waals surface area contributed by atoms with Gasteiger partial charge in [-0.25, -0.2) is 0 Å². The summed E-state index contributed by atoms with van der Waals surface area (Å²) in [6.07, 6.45) is 3.84. The predicted molar refractivity (Wildman–Crippen MR) is 186 cm³/mol. The Balaban J connectivity index is 0.000000200. The molecule has 0 spiro atoms. The molecule has 228 valence electrons. The summed E-state index contributed by atoms with van der Waals surface area (Å²) >= 11 is 0.